The zero-order valence-corrected chi connectivity index (χ0v) is 17.1. The van der Waals surface area contributed by atoms with Crippen molar-refractivity contribution in [2.75, 3.05) is 48.0 Å². The van der Waals surface area contributed by atoms with Gasteiger partial charge in [-0.15, -0.1) is 0 Å². The van der Waals surface area contributed by atoms with E-state index in [4.69, 9.17) is 4.74 Å². The molecular weight excluding hydrogens is 364 g/mol. The maximum absolute atomic E-state index is 12.8. The summed E-state index contributed by atoms with van der Waals surface area (Å²) in [5.74, 6) is -0.178. The van der Waals surface area contributed by atoms with Crippen molar-refractivity contribution in [3.8, 4) is 0 Å². The Bertz CT molecular complexity index is 818. The van der Waals surface area contributed by atoms with Crippen molar-refractivity contribution in [1.29, 1.82) is 0 Å². The average Bonchev–Trinajstić information content (AvgIpc) is 2.80. The second kappa shape index (κ2) is 9.27. The molecule has 3 heterocycles. The topological polar surface area (TPSA) is 57.7 Å². The SMILES string of the molecule is CCC1CCCCN1c1ccc(C(=O)Nc2ccccc2N2CCOCC2)nc1. The standard InChI is InChI=1S/C23H30N4O2/c1-2-18-7-5-6-12-27(18)19-10-11-21(24-17-19)23(28)25-20-8-3-4-9-22(20)26-13-15-29-16-14-26/h3-4,8-11,17-18H,2,5-7,12-16H2,1H3,(H,25,28). The van der Waals surface area contributed by atoms with Crippen LogP contribution in [-0.2, 0) is 4.74 Å². The van der Waals surface area contributed by atoms with Gasteiger partial charge in [0.1, 0.15) is 5.69 Å². The molecule has 2 fully saturated rings. The summed E-state index contributed by atoms with van der Waals surface area (Å²) in [6.45, 7) is 6.38. The molecule has 0 saturated carbocycles. The van der Waals surface area contributed by atoms with Gasteiger partial charge < -0.3 is 19.9 Å². The van der Waals surface area contributed by atoms with Crippen LogP contribution in [0.3, 0.4) is 0 Å². The summed E-state index contributed by atoms with van der Waals surface area (Å²) in [6, 6.07) is 12.4. The number of para-hydroxylation sites is 2. The van der Waals surface area contributed by atoms with E-state index in [0.29, 0.717) is 24.9 Å². The summed E-state index contributed by atoms with van der Waals surface area (Å²) in [7, 11) is 0. The summed E-state index contributed by atoms with van der Waals surface area (Å²) in [5, 5.41) is 3.05. The molecule has 6 heteroatoms. The highest BCUT2D eigenvalue weighted by molar-refractivity contribution is 6.04. The fourth-order valence-electron chi connectivity index (χ4n) is 4.30. The minimum absolute atomic E-state index is 0.178. The predicted molar refractivity (Wildman–Crippen MR) is 117 cm³/mol. The number of morpholine rings is 1. The average molecular weight is 395 g/mol. The lowest BCUT2D eigenvalue weighted by Crippen LogP contribution is -2.39. The van der Waals surface area contributed by atoms with Crippen LogP contribution in [0.5, 0.6) is 0 Å². The van der Waals surface area contributed by atoms with Gasteiger partial charge in [0, 0.05) is 25.7 Å². The number of nitrogens with one attached hydrogen (secondary N) is 1. The van der Waals surface area contributed by atoms with Gasteiger partial charge in [-0.1, -0.05) is 19.1 Å². The largest absolute Gasteiger partial charge is 0.378 e. The van der Waals surface area contributed by atoms with Gasteiger partial charge in [-0.3, -0.25) is 4.79 Å². The number of hydrogen-bond acceptors (Lipinski definition) is 5. The molecule has 1 aromatic heterocycles. The number of carbonyl (C=O) groups excluding carboxylic acids is 1. The second-order valence-electron chi connectivity index (χ2n) is 7.72. The number of nitrogens with zero attached hydrogens (tertiary/aromatic N) is 3. The number of pyridine rings is 1. The molecule has 2 aromatic rings. The fourth-order valence-corrected chi connectivity index (χ4v) is 4.30. The molecule has 0 spiro atoms. The molecule has 1 unspecified atom stereocenters. The molecule has 1 amide bonds. The van der Waals surface area contributed by atoms with E-state index in [-0.39, 0.29) is 5.91 Å². The Morgan fingerprint density at radius 3 is 2.72 bits per heavy atom. The molecule has 0 aliphatic carbocycles. The Kier molecular flexibility index (Phi) is 6.30. The van der Waals surface area contributed by atoms with Crippen molar-refractivity contribution in [3.05, 3.63) is 48.3 Å². The van der Waals surface area contributed by atoms with Crippen LogP contribution in [0.4, 0.5) is 17.1 Å². The normalized spacial score (nSPS) is 19.8. The van der Waals surface area contributed by atoms with Gasteiger partial charge in [0.05, 0.1) is 36.5 Å². The number of aromatic nitrogens is 1. The van der Waals surface area contributed by atoms with Gasteiger partial charge in [-0.2, -0.15) is 0 Å². The lowest BCUT2D eigenvalue weighted by atomic mass is 9.99. The quantitative estimate of drug-likeness (QED) is 0.832. The van der Waals surface area contributed by atoms with Crippen molar-refractivity contribution in [3.63, 3.8) is 0 Å². The molecule has 0 bridgehead atoms. The lowest BCUT2D eigenvalue weighted by Gasteiger charge is -2.37. The van der Waals surface area contributed by atoms with Crippen molar-refractivity contribution >= 4 is 23.0 Å². The first-order valence-electron chi connectivity index (χ1n) is 10.7. The summed E-state index contributed by atoms with van der Waals surface area (Å²) in [6.07, 6.45) is 6.73. The van der Waals surface area contributed by atoms with E-state index in [1.807, 2.05) is 42.6 Å². The van der Waals surface area contributed by atoms with E-state index in [0.717, 1.165) is 43.1 Å². The number of benzene rings is 1. The molecule has 1 aromatic carbocycles. The highest BCUT2D eigenvalue weighted by atomic mass is 16.5. The van der Waals surface area contributed by atoms with Gasteiger partial charge in [-0.05, 0) is 49.9 Å². The van der Waals surface area contributed by atoms with E-state index in [9.17, 15) is 4.79 Å². The van der Waals surface area contributed by atoms with Crippen molar-refractivity contribution < 1.29 is 9.53 Å². The van der Waals surface area contributed by atoms with Crippen LogP contribution in [0.15, 0.2) is 42.6 Å². The molecule has 1 atom stereocenters. The zero-order chi connectivity index (χ0) is 20.1. The van der Waals surface area contributed by atoms with Crippen molar-refractivity contribution in [2.45, 2.75) is 38.6 Å². The van der Waals surface area contributed by atoms with Gasteiger partial charge in [0.25, 0.3) is 5.91 Å². The summed E-state index contributed by atoms with van der Waals surface area (Å²) >= 11 is 0. The number of rotatable bonds is 5. The molecule has 6 nitrogen and oxygen atoms in total. The molecule has 29 heavy (non-hydrogen) atoms. The molecule has 0 radical (unpaired) electrons. The van der Waals surface area contributed by atoms with Crippen LogP contribution in [0.25, 0.3) is 0 Å². The van der Waals surface area contributed by atoms with Crippen LogP contribution in [0.2, 0.25) is 0 Å². The molecule has 2 aliphatic rings. The Morgan fingerprint density at radius 2 is 1.97 bits per heavy atom. The molecule has 2 aliphatic heterocycles. The van der Waals surface area contributed by atoms with Crippen molar-refractivity contribution in [2.24, 2.45) is 0 Å². The van der Waals surface area contributed by atoms with E-state index >= 15 is 0 Å². The maximum atomic E-state index is 12.8. The molecule has 1 N–H and O–H groups in total. The minimum Gasteiger partial charge on any atom is -0.378 e. The Balaban J connectivity index is 1.47. The molecule has 154 valence electrons. The van der Waals surface area contributed by atoms with Crippen molar-refractivity contribution in [1.82, 2.24) is 4.98 Å². The first kappa shape index (κ1) is 19.7. The molecule has 2 saturated heterocycles. The smallest absolute Gasteiger partial charge is 0.274 e. The van der Waals surface area contributed by atoms with Gasteiger partial charge in [0.15, 0.2) is 0 Å². The number of hydrogen-bond donors (Lipinski definition) is 1. The van der Waals surface area contributed by atoms with Crippen LogP contribution in [0.1, 0.15) is 43.1 Å². The molecule has 4 rings (SSSR count). The van der Waals surface area contributed by atoms with E-state index in [1.165, 1.54) is 19.3 Å². The summed E-state index contributed by atoms with van der Waals surface area (Å²) in [4.78, 5) is 22.0. The first-order chi connectivity index (χ1) is 14.3. The number of carbonyl (C=O) groups is 1. The second-order valence-corrected chi connectivity index (χ2v) is 7.72. The summed E-state index contributed by atoms with van der Waals surface area (Å²) < 4.78 is 5.45. The molecular formula is C23H30N4O2. The zero-order valence-electron chi connectivity index (χ0n) is 17.1. The van der Waals surface area contributed by atoms with E-state index in [1.54, 1.807) is 0 Å². The highest BCUT2D eigenvalue weighted by Crippen LogP contribution is 2.28. The highest BCUT2D eigenvalue weighted by Gasteiger charge is 2.22. The van der Waals surface area contributed by atoms with Crippen LogP contribution in [0, 0.1) is 0 Å². The predicted octanol–water partition coefficient (Wildman–Crippen LogP) is 3.94. The summed E-state index contributed by atoms with van der Waals surface area (Å²) in [5.41, 5.74) is 3.39. The van der Waals surface area contributed by atoms with Crippen LogP contribution >= 0.6 is 0 Å². The Morgan fingerprint density at radius 1 is 1.14 bits per heavy atom. The van der Waals surface area contributed by atoms with E-state index < -0.39 is 0 Å². The number of amides is 1. The van der Waals surface area contributed by atoms with Crippen LogP contribution in [-0.4, -0.2) is 49.8 Å². The Hall–Kier alpha value is -2.60. The third-order valence-electron chi connectivity index (χ3n) is 5.91. The number of anilines is 3. The Labute approximate surface area is 172 Å². The van der Waals surface area contributed by atoms with E-state index in [2.05, 4.69) is 27.0 Å². The van der Waals surface area contributed by atoms with Gasteiger partial charge in [-0.25, -0.2) is 4.98 Å². The first-order valence-corrected chi connectivity index (χ1v) is 10.7. The van der Waals surface area contributed by atoms with Gasteiger partial charge >= 0.3 is 0 Å². The maximum Gasteiger partial charge on any atom is 0.274 e. The third kappa shape index (κ3) is 4.53. The fraction of sp³-hybridized carbons (Fsp3) is 0.478. The third-order valence-corrected chi connectivity index (χ3v) is 5.91. The van der Waals surface area contributed by atoms with Crippen LogP contribution < -0.4 is 15.1 Å². The number of piperidine rings is 1. The van der Waals surface area contributed by atoms with Gasteiger partial charge in [0.2, 0.25) is 0 Å². The minimum atomic E-state index is -0.178. The monoisotopic (exact) mass is 394 g/mol. The lowest BCUT2D eigenvalue weighted by molar-refractivity contribution is 0.102. The number of ether oxygens (including phenoxy) is 1.